The summed E-state index contributed by atoms with van der Waals surface area (Å²) >= 11 is 0. The summed E-state index contributed by atoms with van der Waals surface area (Å²) < 4.78 is 5.04. The van der Waals surface area contributed by atoms with E-state index in [0.29, 0.717) is 24.0 Å². The van der Waals surface area contributed by atoms with Crippen LogP contribution in [0.15, 0.2) is 18.3 Å². The van der Waals surface area contributed by atoms with Crippen LogP contribution in [-0.2, 0) is 9.59 Å². The smallest absolute Gasteiger partial charge is 0.237 e. The summed E-state index contributed by atoms with van der Waals surface area (Å²) in [6.07, 6.45) is 2.77. The Hall–Kier alpha value is -2.11. The number of hydrogen-bond donors (Lipinski definition) is 2. The van der Waals surface area contributed by atoms with Gasteiger partial charge in [0, 0.05) is 25.1 Å². The van der Waals surface area contributed by atoms with Crippen LogP contribution in [0, 0.1) is 11.8 Å². The molecule has 1 aliphatic carbocycles. The number of amides is 2. The summed E-state index contributed by atoms with van der Waals surface area (Å²) in [4.78, 5) is 27.3. The van der Waals surface area contributed by atoms with E-state index in [9.17, 15) is 9.59 Å². The molecule has 1 saturated carbocycles. The Labute approximate surface area is 117 Å². The molecule has 1 aromatic rings. The van der Waals surface area contributed by atoms with Crippen molar-refractivity contribution in [1.29, 1.82) is 0 Å². The molecule has 6 heteroatoms. The second-order valence-corrected chi connectivity index (χ2v) is 4.97. The van der Waals surface area contributed by atoms with Gasteiger partial charge in [0.2, 0.25) is 17.7 Å². The van der Waals surface area contributed by atoms with E-state index in [4.69, 9.17) is 4.74 Å². The number of hydrogen-bond acceptors (Lipinski definition) is 4. The van der Waals surface area contributed by atoms with Gasteiger partial charge in [-0.2, -0.15) is 0 Å². The number of aromatic nitrogens is 1. The number of rotatable bonds is 6. The van der Waals surface area contributed by atoms with Gasteiger partial charge >= 0.3 is 0 Å². The van der Waals surface area contributed by atoms with Crippen LogP contribution >= 0.6 is 0 Å². The van der Waals surface area contributed by atoms with Crippen LogP contribution in [0.5, 0.6) is 5.88 Å². The average molecular weight is 277 g/mol. The summed E-state index contributed by atoms with van der Waals surface area (Å²) in [7, 11) is 1.50. The van der Waals surface area contributed by atoms with Gasteiger partial charge < -0.3 is 15.4 Å². The highest BCUT2D eigenvalue weighted by atomic mass is 16.5. The minimum Gasteiger partial charge on any atom is -0.480 e. The molecule has 2 unspecified atom stereocenters. The number of ether oxygens (including phenoxy) is 1. The number of methoxy groups -OCH3 is 1. The zero-order valence-corrected chi connectivity index (χ0v) is 11.7. The number of carbonyl (C=O) groups is 2. The van der Waals surface area contributed by atoms with Crippen LogP contribution in [0.1, 0.15) is 19.8 Å². The Morgan fingerprint density at radius 1 is 1.50 bits per heavy atom. The summed E-state index contributed by atoms with van der Waals surface area (Å²) in [5.74, 6) is 0.848. The minimum absolute atomic E-state index is 0.0456. The van der Waals surface area contributed by atoms with Crippen molar-refractivity contribution in [3.05, 3.63) is 18.3 Å². The third-order valence-corrected chi connectivity index (χ3v) is 3.34. The van der Waals surface area contributed by atoms with Crippen molar-refractivity contribution in [3.63, 3.8) is 0 Å². The average Bonchev–Trinajstić information content (AvgIpc) is 3.16. The molecule has 6 nitrogen and oxygen atoms in total. The fourth-order valence-corrected chi connectivity index (χ4v) is 1.98. The van der Waals surface area contributed by atoms with Crippen molar-refractivity contribution in [3.8, 4) is 5.88 Å². The van der Waals surface area contributed by atoms with Gasteiger partial charge in [0.15, 0.2) is 0 Å². The Bertz CT molecular complexity index is 504. The Morgan fingerprint density at radius 3 is 2.90 bits per heavy atom. The molecule has 1 fully saturated rings. The lowest BCUT2D eigenvalue weighted by Crippen LogP contribution is -2.29. The summed E-state index contributed by atoms with van der Waals surface area (Å²) in [6.45, 7) is 2.39. The fraction of sp³-hybridized carbons (Fsp3) is 0.500. The zero-order chi connectivity index (χ0) is 14.5. The number of anilines is 1. The molecule has 1 aromatic heterocycles. The molecule has 2 N–H and O–H groups in total. The van der Waals surface area contributed by atoms with Crippen molar-refractivity contribution in [2.24, 2.45) is 11.8 Å². The fourth-order valence-electron chi connectivity index (χ4n) is 1.98. The largest absolute Gasteiger partial charge is 0.480 e. The van der Waals surface area contributed by atoms with Gasteiger partial charge in [-0.3, -0.25) is 9.59 Å². The maximum absolute atomic E-state index is 11.8. The third kappa shape index (κ3) is 3.69. The molecule has 0 saturated heterocycles. The first kappa shape index (κ1) is 14.3. The zero-order valence-electron chi connectivity index (χ0n) is 11.7. The van der Waals surface area contributed by atoms with Crippen molar-refractivity contribution in [1.82, 2.24) is 10.3 Å². The van der Waals surface area contributed by atoms with E-state index in [0.717, 1.165) is 6.42 Å². The van der Waals surface area contributed by atoms with Gasteiger partial charge in [-0.25, -0.2) is 4.98 Å². The molecule has 0 bridgehead atoms. The molecule has 0 spiro atoms. The normalized spacial score (nSPS) is 20.1. The summed E-state index contributed by atoms with van der Waals surface area (Å²) in [6, 6.07) is 3.43. The summed E-state index contributed by atoms with van der Waals surface area (Å²) in [5.41, 5.74) is 0.530. The molecule has 2 amide bonds. The van der Waals surface area contributed by atoms with E-state index in [-0.39, 0.29) is 24.2 Å². The van der Waals surface area contributed by atoms with Gasteiger partial charge in [-0.15, -0.1) is 0 Å². The highest BCUT2D eigenvalue weighted by Crippen LogP contribution is 2.37. The van der Waals surface area contributed by atoms with E-state index in [1.54, 1.807) is 18.3 Å². The molecule has 1 aliphatic rings. The molecule has 0 radical (unpaired) electrons. The van der Waals surface area contributed by atoms with Crippen LogP contribution in [0.3, 0.4) is 0 Å². The van der Waals surface area contributed by atoms with Gasteiger partial charge in [0.25, 0.3) is 0 Å². The van der Waals surface area contributed by atoms with Gasteiger partial charge in [0.05, 0.1) is 7.11 Å². The van der Waals surface area contributed by atoms with Crippen LogP contribution in [0.2, 0.25) is 0 Å². The predicted octanol–water partition coefficient (Wildman–Crippen LogP) is 1.19. The van der Waals surface area contributed by atoms with Crippen LogP contribution < -0.4 is 15.4 Å². The Morgan fingerprint density at radius 2 is 2.25 bits per heavy atom. The molecule has 1 heterocycles. The Balaban J connectivity index is 1.74. The molecule has 2 rings (SSSR count). The first-order valence-corrected chi connectivity index (χ1v) is 6.68. The number of pyridine rings is 1. The van der Waals surface area contributed by atoms with Crippen LogP contribution in [0.25, 0.3) is 0 Å². The topological polar surface area (TPSA) is 80.3 Å². The highest BCUT2D eigenvalue weighted by molar-refractivity contribution is 5.92. The van der Waals surface area contributed by atoms with E-state index < -0.39 is 0 Å². The van der Waals surface area contributed by atoms with E-state index in [1.165, 1.54) is 7.11 Å². The number of nitrogens with zero attached hydrogens (tertiary/aromatic N) is 1. The van der Waals surface area contributed by atoms with Gasteiger partial charge in [0.1, 0.15) is 5.69 Å². The first-order valence-electron chi connectivity index (χ1n) is 6.68. The van der Waals surface area contributed by atoms with Crippen molar-refractivity contribution < 1.29 is 14.3 Å². The molecule has 20 heavy (non-hydrogen) atoms. The van der Waals surface area contributed by atoms with Crippen molar-refractivity contribution >= 4 is 17.5 Å². The number of carbonyl (C=O) groups excluding carboxylic acids is 2. The second kappa shape index (κ2) is 6.36. The third-order valence-electron chi connectivity index (χ3n) is 3.34. The Kier molecular flexibility index (Phi) is 4.55. The number of nitrogens with one attached hydrogen (secondary N) is 2. The maximum atomic E-state index is 11.8. The second-order valence-electron chi connectivity index (χ2n) is 4.97. The lowest BCUT2D eigenvalue weighted by molar-refractivity contribution is -0.122. The van der Waals surface area contributed by atoms with Crippen molar-refractivity contribution in [2.75, 3.05) is 19.0 Å². The quantitative estimate of drug-likeness (QED) is 0.818. The minimum atomic E-state index is -0.180. The molecule has 2 atom stereocenters. The first-order chi connectivity index (χ1) is 9.61. The molecular weight excluding hydrogens is 258 g/mol. The lowest BCUT2D eigenvalue weighted by Gasteiger charge is -2.09. The predicted molar refractivity (Wildman–Crippen MR) is 74.3 cm³/mol. The molecule has 0 aliphatic heterocycles. The van der Waals surface area contributed by atoms with Crippen molar-refractivity contribution in [2.45, 2.75) is 19.8 Å². The van der Waals surface area contributed by atoms with E-state index in [1.807, 2.05) is 6.92 Å². The van der Waals surface area contributed by atoms with E-state index >= 15 is 0 Å². The van der Waals surface area contributed by atoms with Crippen LogP contribution in [-0.4, -0.2) is 30.5 Å². The lowest BCUT2D eigenvalue weighted by atomic mass is 10.3. The maximum Gasteiger partial charge on any atom is 0.237 e. The molecule has 108 valence electrons. The van der Waals surface area contributed by atoms with Crippen LogP contribution in [0.4, 0.5) is 5.69 Å². The molecule has 0 aromatic carbocycles. The van der Waals surface area contributed by atoms with Gasteiger partial charge in [-0.05, 0) is 24.5 Å². The monoisotopic (exact) mass is 277 g/mol. The highest BCUT2D eigenvalue weighted by Gasteiger charge is 2.38. The van der Waals surface area contributed by atoms with E-state index in [2.05, 4.69) is 15.6 Å². The SMILES string of the molecule is COc1ncccc1NC(=O)CCNC(=O)C1CC1C. The summed E-state index contributed by atoms with van der Waals surface area (Å²) in [5, 5.41) is 5.48. The van der Waals surface area contributed by atoms with Gasteiger partial charge in [-0.1, -0.05) is 6.92 Å². The standard InChI is InChI=1S/C14H19N3O3/c1-9-8-10(9)13(19)15-7-5-12(18)17-11-4-3-6-16-14(11)20-2/h3-4,6,9-10H,5,7-8H2,1-2H3,(H,15,19)(H,17,18). The molecular formula is C14H19N3O3.